The molecule has 146 valence electrons. The third kappa shape index (κ3) is 3.16. The number of thioether (sulfide) groups is 1. The smallest absolute Gasteiger partial charge is 0.270 e. The van der Waals surface area contributed by atoms with Gasteiger partial charge in [0.15, 0.2) is 4.32 Å². The molecule has 0 unspecified atom stereocenters. The van der Waals surface area contributed by atoms with Crippen molar-refractivity contribution in [1.82, 2.24) is 0 Å². The van der Waals surface area contributed by atoms with E-state index in [0.717, 1.165) is 38.5 Å². The number of rotatable bonds is 3. The highest BCUT2D eigenvalue weighted by molar-refractivity contribution is 8.27. The molecule has 0 aliphatic carbocycles. The lowest BCUT2D eigenvalue weighted by Gasteiger charge is -2.14. The maximum atomic E-state index is 13.3. The van der Waals surface area contributed by atoms with Gasteiger partial charge in [0.05, 0.1) is 17.7 Å². The molecular formula is C25H17NO2S2. The van der Waals surface area contributed by atoms with Gasteiger partial charge in [-0.25, -0.2) is 0 Å². The van der Waals surface area contributed by atoms with Crippen molar-refractivity contribution in [3.8, 4) is 5.75 Å². The molecule has 1 heterocycles. The molecule has 1 aliphatic heterocycles. The van der Waals surface area contributed by atoms with E-state index in [4.69, 9.17) is 17.0 Å². The van der Waals surface area contributed by atoms with Gasteiger partial charge in [-0.1, -0.05) is 72.5 Å². The topological polar surface area (TPSA) is 29.5 Å². The van der Waals surface area contributed by atoms with E-state index in [1.165, 1.54) is 11.8 Å². The molecule has 0 spiro atoms. The normalized spacial score (nSPS) is 15.5. The van der Waals surface area contributed by atoms with E-state index in [2.05, 4.69) is 30.3 Å². The van der Waals surface area contributed by atoms with Crippen molar-refractivity contribution in [2.24, 2.45) is 0 Å². The third-order valence-corrected chi connectivity index (χ3v) is 6.51. The first kappa shape index (κ1) is 18.9. The van der Waals surface area contributed by atoms with Crippen LogP contribution in [0.2, 0.25) is 0 Å². The summed E-state index contributed by atoms with van der Waals surface area (Å²) in [5.74, 6) is 0.633. The van der Waals surface area contributed by atoms with E-state index < -0.39 is 0 Å². The van der Waals surface area contributed by atoms with Gasteiger partial charge in [-0.3, -0.25) is 9.69 Å². The Bertz CT molecular complexity index is 1290. The first-order valence-corrected chi connectivity index (χ1v) is 10.7. The molecule has 0 bridgehead atoms. The Morgan fingerprint density at radius 2 is 1.50 bits per heavy atom. The van der Waals surface area contributed by atoms with Crippen molar-refractivity contribution in [2.45, 2.75) is 0 Å². The van der Waals surface area contributed by atoms with Crippen LogP contribution < -0.4 is 9.64 Å². The second kappa shape index (κ2) is 7.59. The molecule has 0 radical (unpaired) electrons. The van der Waals surface area contributed by atoms with Gasteiger partial charge in [0, 0.05) is 0 Å². The highest BCUT2D eigenvalue weighted by Crippen LogP contribution is 2.39. The summed E-state index contributed by atoms with van der Waals surface area (Å²) in [6.07, 6.45) is 1.98. The van der Waals surface area contributed by atoms with Gasteiger partial charge in [0.2, 0.25) is 0 Å². The van der Waals surface area contributed by atoms with E-state index in [0.29, 0.717) is 9.23 Å². The van der Waals surface area contributed by atoms with E-state index in [1.807, 2.05) is 54.6 Å². The first-order chi connectivity index (χ1) is 14.7. The first-order valence-electron chi connectivity index (χ1n) is 9.48. The number of hydrogen-bond acceptors (Lipinski definition) is 4. The highest BCUT2D eigenvalue weighted by Gasteiger charge is 2.33. The molecule has 1 amide bonds. The molecule has 30 heavy (non-hydrogen) atoms. The second-order valence-electron chi connectivity index (χ2n) is 6.95. The fourth-order valence-corrected chi connectivity index (χ4v) is 5.04. The summed E-state index contributed by atoms with van der Waals surface area (Å²) in [7, 11) is 1.62. The van der Waals surface area contributed by atoms with Crippen LogP contribution in [0, 0.1) is 0 Å². The molecule has 3 nitrogen and oxygen atoms in total. The molecule has 0 N–H and O–H groups in total. The molecule has 0 atom stereocenters. The van der Waals surface area contributed by atoms with Crippen molar-refractivity contribution < 1.29 is 9.53 Å². The van der Waals surface area contributed by atoms with Crippen LogP contribution in [0.3, 0.4) is 0 Å². The van der Waals surface area contributed by atoms with Crippen LogP contribution >= 0.6 is 24.0 Å². The van der Waals surface area contributed by atoms with Crippen molar-refractivity contribution in [3.05, 3.63) is 89.3 Å². The Labute approximate surface area is 183 Å². The van der Waals surface area contributed by atoms with Crippen molar-refractivity contribution >= 4 is 67.5 Å². The lowest BCUT2D eigenvalue weighted by Crippen LogP contribution is -2.27. The van der Waals surface area contributed by atoms with Gasteiger partial charge < -0.3 is 4.74 Å². The SMILES string of the molecule is COc1ccc(N2C(=O)/C(=C\c3c4ccccc4cc4ccccc34)SC2=S)cc1. The Balaban J connectivity index is 1.63. The van der Waals surface area contributed by atoms with Crippen molar-refractivity contribution in [2.75, 3.05) is 12.0 Å². The van der Waals surface area contributed by atoms with Crippen LogP contribution in [0.1, 0.15) is 5.56 Å². The summed E-state index contributed by atoms with van der Waals surface area (Å²) in [5.41, 5.74) is 1.78. The predicted molar refractivity (Wildman–Crippen MR) is 130 cm³/mol. The van der Waals surface area contributed by atoms with Gasteiger partial charge >= 0.3 is 0 Å². The number of anilines is 1. The van der Waals surface area contributed by atoms with Crippen LogP contribution in [-0.2, 0) is 4.79 Å². The standard InChI is InChI=1S/C25H17NO2S2/c1-28-19-12-10-18(11-13-19)26-24(27)23(30-25(26)29)15-22-20-8-4-2-6-16(20)14-17-7-3-5-9-21(17)22/h2-15H,1H3/b23-15+. The lowest BCUT2D eigenvalue weighted by atomic mass is 9.96. The van der Waals surface area contributed by atoms with Gasteiger partial charge in [-0.15, -0.1) is 0 Å². The number of amides is 1. The molecule has 1 fully saturated rings. The summed E-state index contributed by atoms with van der Waals surface area (Å²) in [5, 5.41) is 4.53. The number of thiocarbonyl (C=S) groups is 1. The van der Waals surface area contributed by atoms with Crippen LogP contribution in [0.15, 0.2) is 83.8 Å². The number of carbonyl (C=O) groups excluding carboxylic acids is 1. The molecule has 5 rings (SSSR count). The summed E-state index contributed by atoms with van der Waals surface area (Å²) in [6, 6.07) is 26.0. The second-order valence-corrected chi connectivity index (χ2v) is 8.62. The van der Waals surface area contributed by atoms with E-state index in [-0.39, 0.29) is 5.91 Å². The van der Waals surface area contributed by atoms with Crippen LogP contribution in [-0.4, -0.2) is 17.3 Å². The largest absolute Gasteiger partial charge is 0.497 e. The molecule has 0 saturated carbocycles. The van der Waals surface area contributed by atoms with Crippen molar-refractivity contribution in [3.63, 3.8) is 0 Å². The van der Waals surface area contributed by atoms with Crippen LogP contribution in [0.4, 0.5) is 5.69 Å². The maximum absolute atomic E-state index is 13.3. The number of nitrogens with zero attached hydrogens (tertiary/aromatic N) is 1. The zero-order valence-electron chi connectivity index (χ0n) is 16.2. The Hall–Kier alpha value is -3.15. The Kier molecular flexibility index (Phi) is 4.77. The third-order valence-electron chi connectivity index (χ3n) is 5.21. The van der Waals surface area contributed by atoms with Gasteiger partial charge in [0.1, 0.15) is 5.75 Å². The zero-order valence-corrected chi connectivity index (χ0v) is 17.8. The highest BCUT2D eigenvalue weighted by atomic mass is 32.2. The van der Waals surface area contributed by atoms with Gasteiger partial charge in [0.25, 0.3) is 5.91 Å². The van der Waals surface area contributed by atoms with Gasteiger partial charge in [-0.2, -0.15) is 0 Å². The number of ether oxygens (including phenoxy) is 1. The fourth-order valence-electron chi connectivity index (χ4n) is 3.76. The number of carbonyl (C=O) groups is 1. The van der Waals surface area contributed by atoms with Crippen LogP contribution in [0.25, 0.3) is 27.6 Å². The number of benzene rings is 4. The number of fused-ring (bicyclic) bond motifs is 2. The average Bonchev–Trinajstić information content (AvgIpc) is 3.06. The lowest BCUT2D eigenvalue weighted by molar-refractivity contribution is -0.113. The summed E-state index contributed by atoms with van der Waals surface area (Å²) in [6.45, 7) is 0. The maximum Gasteiger partial charge on any atom is 0.270 e. The number of hydrogen-bond donors (Lipinski definition) is 0. The van der Waals surface area contributed by atoms with Crippen molar-refractivity contribution in [1.29, 1.82) is 0 Å². The molecule has 4 aromatic carbocycles. The predicted octanol–water partition coefficient (Wildman–Crippen LogP) is 6.41. The minimum Gasteiger partial charge on any atom is -0.497 e. The molecule has 4 aromatic rings. The fraction of sp³-hybridized carbons (Fsp3) is 0.0400. The van der Waals surface area contributed by atoms with E-state index in [1.54, 1.807) is 12.0 Å². The molecule has 0 aromatic heterocycles. The molecule has 1 saturated heterocycles. The van der Waals surface area contributed by atoms with Crippen LogP contribution in [0.5, 0.6) is 5.75 Å². The minimum absolute atomic E-state index is 0.104. The quantitative estimate of drug-likeness (QED) is 0.215. The minimum atomic E-state index is -0.104. The molecule has 1 aliphatic rings. The van der Waals surface area contributed by atoms with E-state index in [9.17, 15) is 4.79 Å². The number of methoxy groups -OCH3 is 1. The summed E-state index contributed by atoms with van der Waals surface area (Å²) >= 11 is 6.88. The molecule has 5 heteroatoms. The molecular weight excluding hydrogens is 410 g/mol. The zero-order chi connectivity index (χ0) is 20.7. The summed E-state index contributed by atoms with van der Waals surface area (Å²) in [4.78, 5) is 15.5. The van der Waals surface area contributed by atoms with Gasteiger partial charge in [-0.05, 0) is 63.5 Å². The average molecular weight is 428 g/mol. The Morgan fingerprint density at radius 1 is 0.900 bits per heavy atom. The monoisotopic (exact) mass is 427 g/mol. The summed E-state index contributed by atoms with van der Waals surface area (Å²) < 4.78 is 5.74. The Morgan fingerprint density at radius 3 is 2.10 bits per heavy atom. The van der Waals surface area contributed by atoms with E-state index >= 15 is 0 Å².